The quantitative estimate of drug-likeness (QED) is 0.415. The van der Waals surface area contributed by atoms with Crippen LogP contribution in [0.1, 0.15) is 62.0 Å². The second-order valence-corrected chi connectivity index (χ2v) is 10.5. The Hall–Kier alpha value is -2.99. The Morgan fingerprint density at radius 3 is 2.71 bits per heavy atom. The molecular formula is C27H36N2O9. The normalized spacial score (nSPS) is 24.2. The van der Waals surface area contributed by atoms with Gasteiger partial charge in [0.1, 0.15) is 17.4 Å². The molecule has 2 unspecified atom stereocenters. The van der Waals surface area contributed by atoms with E-state index in [1.807, 2.05) is 26.8 Å². The Bertz CT molecular complexity index is 1240. The van der Waals surface area contributed by atoms with E-state index in [9.17, 15) is 24.6 Å². The molecule has 0 saturated carbocycles. The zero-order valence-electron chi connectivity index (χ0n) is 22.2. The number of carboxylic acid groups (broad SMARTS) is 1. The number of carbonyl (C=O) groups excluding carboxylic acids is 1. The molecule has 3 N–H and O–H groups in total. The highest BCUT2D eigenvalue weighted by molar-refractivity contribution is 5.94. The van der Waals surface area contributed by atoms with Crippen molar-refractivity contribution >= 4 is 23.0 Å². The molecule has 2 aromatic rings. The Labute approximate surface area is 220 Å². The Morgan fingerprint density at radius 1 is 1.24 bits per heavy atom. The number of pyridine rings is 1. The summed E-state index contributed by atoms with van der Waals surface area (Å²) < 4.78 is 24.1. The van der Waals surface area contributed by atoms with Crippen LogP contribution in [0, 0.1) is 5.92 Å². The average molecular weight is 533 g/mol. The third-order valence-electron chi connectivity index (χ3n) is 7.11. The lowest BCUT2D eigenvalue weighted by Crippen LogP contribution is -2.46. The molecule has 1 aromatic heterocycles. The summed E-state index contributed by atoms with van der Waals surface area (Å²) in [6, 6.07) is 3.75. The van der Waals surface area contributed by atoms with Crippen LogP contribution < -0.4 is 10.7 Å². The van der Waals surface area contributed by atoms with Crippen molar-refractivity contribution in [2.75, 3.05) is 19.8 Å². The number of carboxylic acids is 1. The van der Waals surface area contributed by atoms with E-state index in [0.717, 1.165) is 11.1 Å². The number of aliphatic hydroxyl groups is 1. The van der Waals surface area contributed by atoms with Crippen molar-refractivity contribution in [1.29, 1.82) is 0 Å². The van der Waals surface area contributed by atoms with Gasteiger partial charge >= 0.3 is 12.1 Å². The smallest absolute Gasteiger partial charge is 0.407 e. The molecule has 11 heteroatoms. The van der Waals surface area contributed by atoms with Crippen molar-refractivity contribution in [2.45, 2.75) is 77.8 Å². The number of aromatic carboxylic acids is 1. The molecule has 1 saturated heterocycles. The first-order chi connectivity index (χ1) is 18.0. The SMILES string of the molecule is CC1C[C@H](O)OC(C)[C@@H]1OC(=O)NCCOCCCc1cc2c3c(c1)c(=O)c(C(=O)O)cn3C(C)(C)OC2. The molecule has 1 fully saturated rings. The van der Waals surface area contributed by atoms with E-state index in [1.165, 1.54) is 6.20 Å². The molecule has 0 radical (unpaired) electrons. The first-order valence-corrected chi connectivity index (χ1v) is 12.9. The highest BCUT2D eigenvalue weighted by Gasteiger charge is 2.36. The highest BCUT2D eigenvalue weighted by atomic mass is 16.6. The van der Waals surface area contributed by atoms with E-state index in [2.05, 4.69) is 5.32 Å². The summed E-state index contributed by atoms with van der Waals surface area (Å²) in [5, 5.41) is 22.2. The minimum absolute atomic E-state index is 0.0166. The molecule has 2 aliphatic rings. The number of aliphatic hydroxyl groups excluding tert-OH is 1. The summed E-state index contributed by atoms with van der Waals surface area (Å²) in [5.41, 5.74) is 0.882. The number of alkyl carbamates (subject to hydrolysis) is 1. The number of aryl methyl sites for hydroxylation is 1. The largest absolute Gasteiger partial charge is 0.477 e. The molecule has 11 nitrogen and oxygen atoms in total. The van der Waals surface area contributed by atoms with Gasteiger partial charge in [0.2, 0.25) is 5.43 Å². The molecule has 0 aliphatic carbocycles. The first kappa shape index (κ1) is 28.0. The van der Waals surface area contributed by atoms with Gasteiger partial charge in [-0.2, -0.15) is 0 Å². The second-order valence-electron chi connectivity index (χ2n) is 10.5. The van der Waals surface area contributed by atoms with Gasteiger partial charge in [0, 0.05) is 42.6 Å². The summed E-state index contributed by atoms with van der Waals surface area (Å²) in [4.78, 5) is 36.7. The Balaban J connectivity index is 1.28. The van der Waals surface area contributed by atoms with Crippen molar-refractivity contribution < 1.29 is 38.7 Å². The zero-order valence-corrected chi connectivity index (χ0v) is 22.2. The van der Waals surface area contributed by atoms with E-state index in [0.29, 0.717) is 50.0 Å². The zero-order chi connectivity index (χ0) is 27.6. The van der Waals surface area contributed by atoms with Gasteiger partial charge in [-0.05, 0) is 45.2 Å². The average Bonchev–Trinajstić information content (AvgIpc) is 2.84. The summed E-state index contributed by atoms with van der Waals surface area (Å²) in [5.74, 6) is -1.29. The lowest BCUT2D eigenvalue weighted by atomic mass is 9.94. The molecule has 3 heterocycles. The number of nitrogens with one attached hydrogen (secondary N) is 1. The fourth-order valence-corrected chi connectivity index (χ4v) is 5.15. The summed E-state index contributed by atoms with van der Waals surface area (Å²) >= 11 is 0. The van der Waals surface area contributed by atoms with E-state index < -0.39 is 41.7 Å². The predicted octanol–water partition coefficient (Wildman–Crippen LogP) is 2.73. The fourth-order valence-electron chi connectivity index (χ4n) is 5.15. The van der Waals surface area contributed by atoms with Crippen LogP contribution in [0.25, 0.3) is 10.9 Å². The highest BCUT2D eigenvalue weighted by Crippen LogP contribution is 2.33. The molecule has 38 heavy (non-hydrogen) atoms. The fraction of sp³-hybridized carbons (Fsp3) is 0.593. The number of hydrogen-bond donors (Lipinski definition) is 3. The Kier molecular flexibility index (Phi) is 8.41. The molecule has 4 atom stereocenters. The number of ether oxygens (including phenoxy) is 4. The lowest BCUT2D eigenvalue weighted by Gasteiger charge is -2.36. The van der Waals surface area contributed by atoms with Gasteiger partial charge in [0.05, 0.1) is 24.8 Å². The van der Waals surface area contributed by atoms with Crippen LogP contribution in [0.15, 0.2) is 23.1 Å². The maximum Gasteiger partial charge on any atom is 0.407 e. The van der Waals surface area contributed by atoms with Crippen molar-refractivity contribution in [3.8, 4) is 0 Å². The Morgan fingerprint density at radius 2 is 2.00 bits per heavy atom. The van der Waals surface area contributed by atoms with Crippen LogP contribution in [0.5, 0.6) is 0 Å². The van der Waals surface area contributed by atoms with Gasteiger partial charge in [-0.1, -0.05) is 13.0 Å². The number of rotatable bonds is 9. The van der Waals surface area contributed by atoms with Crippen LogP contribution in [-0.2, 0) is 37.7 Å². The first-order valence-electron chi connectivity index (χ1n) is 12.9. The molecule has 2 aliphatic heterocycles. The standard InChI is InChI=1S/C27H36N2O9/c1-15-10-21(30)37-16(2)24(15)38-26(34)28-7-9-35-8-5-6-17-11-18-14-36-27(3,4)29-13-20(25(32)33)23(31)19(12-17)22(18)29/h11-13,15-16,21,24,30H,5-10,14H2,1-4H3,(H,28,34)(H,32,33)/t15?,16?,21-,24-/m1/s1. The number of hydrogen-bond acceptors (Lipinski definition) is 8. The molecule has 208 valence electrons. The van der Waals surface area contributed by atoms with Crippen LogP contribution in [0.4, 0.5) is 4.79 Å². The van der Waals surface area contributed by atoms with Crippen molar-refractivity contribution in [2.24, 2.45) is 5.92 Å². The van der Waals surface area contributed by atoms with E-state index in [1.54, 1.807) is 17.6 Å². The number of nitrogens with zero attached hydrogens (tertiary/aromatic N) is 1. The van der Waals surface area contributed by atoms with Crippen molar-refractivity contribution in [3.63, 3.8) is 0 Å². The van der Waals surface area contributed by atoms with Gasteiger partial charge in [0.15, 0.2) is 6.29 Å². The summed E-state index contributed by atoms with van der Waals surface area (Å²) in [6.45, 7) is 8.69. The topological polar surface area (TPSA) is 146 Å². The van der Waals surface area contributed by atoms with Crippen molar-refractivity contribution in [1.82, 2.24) is 9.88 Å². The van der Waals surface area contributed by atoms with Crippen LogP contribution in [0.2, 0.25) is 0 Å². The van der Waals surface area contributed by atoms with Crippen LogP contribution in [0.3, 0.4) is 0 Å². The molecule has 0 spiro atoms. The molecule has 0 bridgehead atoms. The minimum Gasteiger partial charge on any atom is -0.477 e. The van der Waals surface area contributed by atoms with Gasteiger partial charge in [-0.15, -0.1) is 0 Å². The van der Waals surface area contributed by atoms with E-state index in [-0.39, 0.29) is 18.0 Å². The van der Waals surface area contributed by atoms with Gasteiger partial charge in [0.25, 0.3) is 0 Å². The third kappa shape index (κ3) is 6.01. The maximum atomic E-state index is 12.9. The number of aromatic nitrogens is 1. The van der Waals surface area contributed by atoms with Gasteiger partial charge < -0.3 is 39.0 Å². The van der Waals surface area contributed by atoms with E-state index >= 15 is 0 Å². The summed E-state index contributed by atoms with van der Waals surface area (Å²) in [7, 11) is 0. The molecule has 4 rings (SSSR count). The second kappa shape index (κ2) is 11.4. The van der Waals surface area contributed by atoms with Crippen molar-refractivity contribution in [3.05, 3.63) is 45.2 Å². The summed E-state index contributed by atoms with van der Waals surface area (Å²) in [6.07, 6.45) is 0.853. The van der Waals surface area contributed by atoms with Crippen LogP contribution >= 0.6 is 0 Å². The maximum absolute atomic E-state index is 12.9. The van der Waals surface area contributed by atoms with E-state index in [4.69, 9.17) is 18.9 Å². The lowest BCUT2D eigenvalue weighted by molar-refractivity contribution is -0.209. The minimum atomic E-state index is -1.27. The number of amides is 1. The number of carbonyl (C=O) groups is 2. The molecule has 1 amide bonds. The number of benzene rings is 1. The molecule has 1 aromatic carbocycles. The third-order valence-corrected chi connectivity index (χ3v) is 7.11. The molecular weight excluding hydrogens is 496 g/mol. The van der Waals surface area contributed by atoms with Gasteiger partial charge in [-0.3, -0.25) is 4.79 Å². The van der Waals surface area contributed by atoms with Crippen LogP contribution in [-0.4, -0.2) is 65.1 Å². The van der Waals surface area contributed by atoms with Gasteiger partial charge in [-0.25, -0.2) is 9.59 Å². The monoisotopic (exact) mass is 532 g/mol. The predicted molar refractivity (Wildman–Crippen MR) is 137 cm³/mol.